The standard InChI is InChI=1S/C11H8BrClN2S/c12-8-6-10(11(13)14-7-8)15-16-9-4-2-1-3-5-9/h1-7,15H. The lowest BCUT2D eigenvalue weighted by Gasteiger charge is -2.06. The molecule has 2 aromatic rings. The van der Waals surface area contributed by atoms with E-state index in [1.165, 1.54) is 11.9 Å². The van der Waals surface area contributed by atoms with Gasteiger partial charge < -0.3 is 4.72 Å². The number of benzene rings is 1. The second-order valence-corrected chi connectivity index (χ2v) is 5.16. The molecule has 0 aliphatic heterocycles. The van der Waals surface area contributed by atoms with Gasteiger partial charge in [0.05, 0.1) is 5.69 Å². The molecule has 0 fully saturated rings. The van der Waals surface area contributed by atoms with Crippen LogP contribution in [0.25, 0.3) is 0 Å². The van der Waals surface area contributed by atoms with Crippen molar-refractivity contribution in [2.45, 2.75) is 4.90 Å². The van der Waals surface area contributed by atoms with Crippen LogP contribution in [-0.2, 0) is 0 Å². The summed E-state index contributed by atoms with van der Waals surface area (Å²) in [6.07, 6.45) is 1.67. The fourth-order valence-electron chi connectivity index (χ4n) is 1.10. The van der Waals surface area contributed by atoms with E-state index in [4.69, 9.17) is 11.6 Å². The number of halogens is 2. The monoisotopic (exact) mass is 314 g/mol. The first-order chi connectivity index (χ1) is 7.75. The lowest BCUT2D eigenvalue weighted by atomic mass is 10.4. The van der Waals surface area contributed by atoms with E-state index in [0.717, 1.165) is 15.1 Å². The van der Waals surface area contributed by atoms with Gasteiger partial charge in [0.2, 0.25) is 0 Å². The van der Waals surface area contributed by atoms with Gasteiger partial charge in [0, 0.05) is 15.6 Å². The third kappa shape index (κ3) is 3.14. The number of aromatic nitrogens is 1. The van der Waals surface area contributed by atoms with E-state index in [1.807, 2.05) is 36.4 Å². The van der Waals surface area contributed by atoms with Crippen molar-refractivity contribution in [1.82, 2.24) is 4.98 Å². The largest absolute Gasteiger partial charge is 0.323 e. The van der Waals surface area contributed by atoms with Crippen molar-refractivity contribution in [3.63, 3.8) is 0 Å². The molecule has 82 valence electrons. The molecule has 0 saturated carbocycles. The smallest absolute Gasteiger partial charge is 0.153 e. The molecule has 0 radical (unpaired) electrons. The van der Waals surface area contributed by atoms with Gasteiger partial charge in [-0.2, -0.15) is 0 Å². The normalized spacial score (nSPS) is 10.1. The molecule has 0 aliphatic rings. The summed E-state index contributed by atoms with van der Waals surface area (Å²) in [6, 6.07) is 11.9. The Morgan fingerprint density at radius 1 is 1.25 bits per heavy atom. The van der Waals surface area contributed by atoms with E-state index in [0.29, 0.717) is 5.15 Å². The molecular weight excluding hydrogens is 308 g/mol. The van der Waals surface area contributed by atoms with Crippen LogP contribution in [0.4, 0.5) is 5.69 Å². The van der Waals surface area contributed by atoms with Gasteiger partial charge in [-0.1, -0.05) is 29.8 Å². The number of nitrogens with zero attached hydrogens (tertiary/aromatic N) is 1. The van der Waals surface area contributed by atoms with E-state index in [1.54, 1.807) is 6.20 Å². The van der Waals surface area contributed by atoms with Crippen LogP contribution in [0.15, 0.2) is 52.0 Å². The van der Waals surface area contributed by atoms with Crippen molar-refractivity contribution in [2.24, 2.45) is 0 Å². The van der Waals surface area contributed by atoms with Gasteiger partial charge in [-0.15, -0.1) is 0 Å². The van der Waals surface area contributed by atoms with Crippen molar-refractivity contribution in [1.29, 1.82) is 0 Å². The third-order valence-electron chi connectivity index (χ3n) is 1.83. The zero-order valence-corrected chi connectivity index (χ0v) is 11.3. The molecule has 1 heterocycles. The molecular formula is C11H8BrClN2S. The second kappa shape index (κ2) is 5.57. The summed E-state index contributed by atoms with van der Waals surface area (Å²) in [5.74, 6) is 0. The Morgan fingerprint density at radius 3 is 2.75 bits per heavy atom. The Morgan fingerprint density at radius 2 is 2.00 bits per heavy atom. The van der Waals surface area contributed by atoms with Crippen LogP contribution in [0.5, 0.6) is 0 Å². The van der Waals surface area contributed by atoms with Crippen LogP contribution < -0.4 is 4.72 Å². The van der Waals surface area contributed by atoms with Gasteiger partial charge in [-0.25, -0.2) is 4.98 Å². The van der Waals surface area contributed by atoms with Gasteiger partial charge in [-0.3, -0.25) is 0 Å². The molecule has 5 heteroatoms. The third-order valence-corrected chi connectivity index (χ3v) is 3.39. The lowest BCUT2D eigenvalue weighted by Crippen LogP contribution is -1.89. The minimum atomic E-state index is 0.464. The number of nitrogens with one attached hydrogen (secondary N) is 1. The van der Waals surface area contributed by atoms with Gasteiger partial charge in [0.25, 0.3) is 0 Å². The highest BCUT2D eigenvalue weighted by molar-refractivity contribution is 9.10. The predicted molar refractivity (Wildman–Crippen MR) is 72.9 cm³/mol. The Labute approximate surface area is 112 Å². The summed E-state index contributed by atoms with van der Waals surface area (Å²) in [5, 5.41) is 0.464. The molecule has 0 saturated heterocycles. The van der Waals surface area contributed by atoms with Gasteiger partial charge in [0.1, 0.15) is 0 Å². The zero-order valence-electron chi connectivity index (χ0n) is 8.15. The summed E-state index contributed by atoms with van der Waals surface area (Å²) >= 11 is 10.8. The average Bonchev–Trinajstić information content (AvgIpc) is 2.32. The van der Waals surface area contributed by atoms with Crippen LogP contribution >= 0.6 is 39.5 Å². The first-order valence-corrected chi connectivity index (χ1v) is 6.53. The minimum Gasteiger partial charge on any atom is -0.323 e. The second-order valence-electron chi connectivity index (χ2n) is 3.01. The molecule has 1 aromatic carbocycles. The maximum Gasteiger partial charge on any atom is 0.153 e. The topological polar surface area (TPSA) is 24.9 Å². The summed E-state index contributed by atoms with van der Waals surface area (Å²) in [6.45, 7) is 0. The molecule has 1 aromatic heterocycles. The van der Waals surface area contributed by atoms with Crippen molar-refractivity contribution in [3.05, 3.63) is 52.2 Å². The maximum atomic E-state index is 5.95. The lowest BCUT2D eigenvalue weighted by molar-refractivity contribution is 1.31. The van der Waals surface area contributed by atoms with Crippen LogP contribution in [0.1, 0.15) is 0 Å². The van der Waals surface area contributed by atoms with Crippen molar-refractivity contribution >= 4 is 45.2 Å². The van der Waals surface area contributed by atoms with E-state index < -0.39 is 0 Å². The van der Waals surface area contributed by atoms with E-state index >= 15 is 0 Å². The first kappa shape index (κ1) is 11.8. The highest BCUT2D eigenvalue weighted by Gasteiger charge is 2.02. The molecule has 0 spiro atoms. The van der Waals surface area contributed by atoms with Gasteiger partial charge in [0.15, 0.2) is 5.15 Å². The summed E-state index contributed by atoms with van der Waals surface area (Å²) < 4.78 is 4.06. The van der Waals surface area contributed by atoms with Crippen LogP contribution in [0, 0.1) is 0 Å². The molecule has 0 bridgehead atoms. The molecule has 1 N–H and O–H groups in total. The van der Waals surface area contributed by atoms with Crippen molar-refractivity contribution in [3.8, 4) is 0 Å². The summed E-state index contributed by atoms with van der Waals surface area (Å²) in [4.78, 5) is 5.16. The molecule has 2 nitrogen and oxygen atoms in total. The average molecular weight is 316 g/mol. The molecule has 0 aliphatic carbocycles. The SMILES string of the molecule is Clc1ncc(Br)cc1NSc1ccccc1. The van der Waals surface area contributed by atoms with Gasteiger partial charge >= 0.3 is 0 Å². The minimum absolute atomic E-state index is 0.464. The van der Waals surface area contributed by atoms with Gasteiger partial charge in [-0.05, 0) is 46.1 Å². The highest BCUT2D eigenvalue weighted by atomic mass is 79.9. The molecule has 0 atom stereocenters. The summed E-state index contributed by atoms with van der Waals surface area (Å²) in [7, 11) is 0. The first-order valence-electron chi connectivity index (χ1n) is 4.54. The maximum absolute atomic E-state index is 5.95. The molecule has 2 rings (SSSR count). The number of hydrogen-bond acceptors (Lipinski definition) is 3. The fraction of sp³-hybridized carbons (Fsp3) is 0. The number of rotatable bonds is 3. The number of hydrogen-bond donors (Lipinski definition) is 1. The Kier molecular flexibility index (Phi) is 4.09. The Bertz CT molecular complexity index is 479. The zero-order chi connectivity index (χ0) is 11.4. The highest BCUT2D eigenvalue weighted by Crippen LogP contribution is 2.27. The van der Waals surface area contributed by atoms with Crippen LogP contribution in [0.2, 0.25) is 5.15 Å². The van der Waals surface area contributed by atoms with Crippen molar-refractivity contribution in [2.75, 3.05) is 4.72 Å². The van der Waals surface area contributed by atoms with Crippen LogP contribution in [-0.4, -0.2) is 4.98 Å². The number of pyridine rings is 1. The van der Waals surface area contributed by atoms with E-state index in [-0.39, 0.29) is 0 Å². The van der Waals surface area contributed by atoms with Crippen molar-refractivity contribution < 1.29 is 0 Å². The fourth-order valence-corrected chi connectivity index (χ4v) is 2.31. The molecule has 0 unspecified atom stereocenters. The molecule has 16 heavy (non-hydrogen) atoms. The number of anilines is 1. The van der Waals surface area contributed by atoms with Crippen LogP contribution in [0.3, 0.4) is 0 Å². The van der Waals surface area contributed by atoms with E-state index in [9.17, 15) is 0 Å². The predicted octanol–water partition coefficient (Wildman–Crippen LogP) is 4.62. The Balaban J connectivity index is 2.08. The summed E-state index contributed by atoms with van der Waals surface area (Å²) in [5.41, 5.74) is 0.796. The molecule has 0 amide bonds. The Hall–Kier alpha value is -0.710. The quantitative estimate of drug-likeness (QED) is 0.661. The van der Waals surface area contributed by atoms with E-state index in [2.05, 4.69) is 25.6 Å².